The Labute approximate surface area is 191 Å². The number of carbonyl (C=O) groups excluding carboxylic acids is 2. The van der Waals surface area contributed by atoms with Crippen LogP contribution in [0.25, 0.3) is 0 Å². The lowest BCUT2D eigenvalue weighted by atomic mass is 9.97. The fourth-order valence-electron chi connectivity index (χ4n) is 2.76. The molecule has 0 saturated carbocycles. The lowest BCUT2D eigenvalue weighted by Gasteiger charge is -2.23. The van der Waals surface area contributed by atoms with Gasteiger partial charge in [0.25, 0.3) is 0 Å². The van der Waals surface area contributed by atoms with Crippen molar-refractivity contribution in [1.82, 2.24) is 4.90 Å². The maximum absolute atomic E-state index is 12.5. The Hall–Kier alpha value is -2.70. The predicted molar refractivity (Wildman–Crippen MR) is 124 cm³/mol. The number of ether oxygens (including phenoxy) is 2. The fraction of sp³-hybridized carbons (Fsp3) is 0.462. The monoisotopic (exact) mass is 441 g/mol. The van der Waals surface area contributed by atoms with Crippen LogP contribution in [0.3, 0.4) is 0 Å². The van der Waals surface area contributed by atoms with E-state index in [-0.39, 0.29) is 11.5 Å². The van der Waals surface area contributed by atoms with E-state index < -0.39 is 28.9 Å². The number of carbonyl (C=O) groups is 2. The second-order valence-corrected chi connectivity index (χ2v) is 10.2. The topological polar surface area (TPSA) is 76.1 Å². The van der Waals surface area contributed by atoms with Gasteiger partial charge >= 0.3 is 11.9 Å². The molecule has 2 aromatic rings. The van der Waals surface area contributed by atoms with Gasteiger partial charge in [-0.2, -0.15) is 0 Å². The Kier molecular flexibility index (Phi) is 8.21. The van der Waals surface area contributed by atoms with Crippen LogP contribution in [0.4, 0.5) is 0 Å². The Morgan fingerprint density at radius 1 is 0.875 bits per heavy atom. The average molecular weight is 442 g/mol. The van der Waals surface area contributed by atoms with Crippen molar-refractivity contribution in [3.63, 3.8) is 0 Å². The summed E-state index contributed by atoms with van der Waals surface area (Å²) in [5, 5.41) is 10.8. The number of nitrogens with zero attached hydrogens (tertiary/aromatic N) is 1. The van der Waals surface area contributed by atoms with E-state index in [1.165, 1.54) is 0 Å². The van der Waals surface area contributed by atoms with Crippen LogP contribution < -0.4 is 9.47 Å². The number of rotatable bonds is 7. The fourth-order valence-corrected chi connectivity index (χ4v) is 2.76. The normalized spacial score (nSPS) is 13.0. The molecule has 1 atom stereocenters. The van der Waals surface area contributed by atoms with Crippen LogP contribution in [0.15, 0.2) is 48.5 Å². The van der Waals surface area contributed by atoms with Gasteiger partial charge in [0.2, 0.25) is 0 Å². The Morgan fingerprint density at radius 2 is 1.41 bits per heavy atom. The molecule has 6 nitrogen and oxygen atoms in total. The molecule has 0 aliphatic rings. The number of benzene rings is 2. The van der Waals surface area contributed by atoms with Crippen LogP contribution in [-0.2, 0) is 16.1 Å². The molecule has 0 unspecified atom stereocenters. The first-order chi connectivity index (χ1) is 14.8. The Bertz CT molecular complexity index is 925. The number of hydrogen-bond acceptors (Lipinski definition) is 6. The highest BCUT2D eigenvalue weighted by Gasteiger charge is 2.28. The van der Waals surface area contributed by atoms with E-state index >= 15 is 0 Å². The largest absolute Gasteiger partial charge is 0.422 e. The average Bonchev–Trinajstić information content (AvgIpc) is 2.68. The summed E-state index contributed by atoms with van der Waals surface area (Å²) in [7, 11) is 1.93. The zero-order chi connectivity index (χ0) is 24.1. The van der Waals surface area contributed by atoms with Gasteiger partial charge in [-0.05, 0) is 71.8 Å². The van der Waals surface area contributed by atoms with Gasteiger partial charge in [0.1, 0.15) is 0 Å². The summed E-state index contributed by atoms with van der Waals surface area (Å²) in [5.41, 5.74) is 0.253. The number of likely N-dealkylation sites (N-methyl/N-ethyl adjacent to an activating group) is 1. The molecule has 0 amide bonds. The van der Waals surface area contributed by atoms with Crippen molar-refractivity contribution < 1.29 is 24.2 Å². The molecule has 0 aliphatic heterocycles. The SMILES string of the molecule is CN(Cc1ccccc1)C[C@@H](O)c1ccc(OC(=O)C(C)(C)C)c(OC(=O)C(C)(C)C)c1. The van der Waals surface area contributed by atoms with E-state index in [9.17, 15) is 14.7 Å². The molecule has 2 rings (SSSR count). The third-order valence-corrected chi connectivity index (χ3v) is 4.76. The van der Waals surface area contributed by atoms with Gasteiger partial charge < -0.3 is 14.6 Å². The van der Waals surface area contributed by atoms with Gasteiger partial charge in [0, 0.05) is 13.1 Å². The highest BCUT2D eigenvalue weighted by Crippen LogP contribution is 2.34. The molecule has 0 radical (unpaired) electrons. The van der Waals surface area contributed by atoms with E-state index in [0.717, 1.165) is 5.56 Å². The van der Waals surface area contributed by atoms with E-state index in [2.05, 4.69) is 0 Å². The summed E-state index contributed by atoms with van der Waals surface area (Å²) < 4.78 is 11.1. The maximum Gasteiger partial charge on any atom is 0.316 e. The number of esters is 2. The lowest BCUT2D eigenvalue weighted by Crippen LogP contribution is -2.28. The van der Waals surface area contributed by atoms with Crippen molar-refractivity contribution in [3.8, 4) is 11.5 Å². The predicted octanol–water partition coefficient (Wildman–Crippen LogP) is 4.76. The van der Waals surface area contributed by atoms with Gasteiger partial charge in [-0.15, -0.1) is 0 Å². The highest BCUT2D eigenvalue weighted by atomic mass is 16.6. The zero-order valence-corrected chi connectivity index (χ0v) is 20.1. The lowest BCUT2D eigenvalue weighted by molar-refractivity contribution is -0.145. The van der Waals surface area contributed by atoms with E-state index in [1.807, 2.05) is 42.3 Å². The second kappa shape index (κ2) is 10.3. The first-order valence-electron chi connectivity index (χ1n) is 10.8. The maximum atomic E-state index is 12.5. The Balaban J connectivity index is 2.24. The van der Waals surface area contributed by atoms with Crippen LogP contribution in [-0.4, -0.2) is 35.5 Å². The molecule has 0 saturated heterocycles. The minimum atomic E-state index is -0.817. The summed E-state index contributed by atoms with van der Waals surface area (Å²) in [5.74, 6) is -0.638. The molecule has 0 spiro atoms. The van der Waals surface area contributed by atoms with Crippen LogP contribution in [0.1, 0.15) is 58.8 Å². The highest BCUT2D eigenvalue weighted by molar-refractivity contribution is 5.81. The molecular formula is C26H35NO5. The number of aliphatic hydroxyl groups is 1. The summed E-state index contributed by atoms with van der Waals surface area (Å²) in [6.07, 6.45) is -0.817. The summed E-state index contributed by atoms with van der Waals surface area (Å²) in [6, 6.07) is 14.8. The molecule has 0 fully saturated rings. The first kappa shape index (κ1) is 25.6. The number of hydrogen-bond donors (Lipinski definition) is 1. The molecule has 6 heteroatoms. The number of aliphatic hydroxyl groups excluding tert-OH is 1. The summed E-state index contributed by atoms with van der Waals surface area (Å²) >= 11 is 0. The summed E-state index contributed by atoms with van der Waals surface area (Å²) in [4.78, 5) is 26.9. The van der Waals surface area contributed by atoms with Crippen LogP contribution >= 0.6 is 0 Å². The minimum absolute atomic E-state index is 0.116. The second-order valence-electron chi connectivity index (χ2n) is 10.2. The first-order valence-corrected chi connectivity index (χ1v) is 10.8. The molecule has 0 bridgehead atoms. The van der Waals surface area contributed by atoms with E-state index in [1.54, 1.807) is 59.7 Å². The van der Waals surface area contributed by atoms with Crippen molar-refractivity contribution in [2.24, 2.45) is 10.8 Å². The van der Waals surface area contributed by atoms with Crippen molar-refractivity contribution >= 4 is 11.9 Å². The van der Waals surface area contributed by atoms with Gasteiger partial charge in [0.15, 0.2) is 11.5 Å². The van der Waals surface area contributed by atoms with Crippen LogP contribution in [0, 0.1) is 10.8 Å². The smallest absolute Gasteiger partial charge is 0.316 e. The van der Waals surface area contributed by atoms with Gasteiger partial charge in [-0.1, -0.05) is 36.4 Å². The molecule has 0 heterocycles. The Morgan fingerprint density at radius 3 is 1.94 bits per heavy atom. The van der Waals surface area contributed by atoms with Gasteiger partial charge in [0.05, 0.1) is 16.9 Å². The van der Waals surface area contributed by atoms with Crippen LogP contribution in [0.5, 0.6) is 11.5 Å². The third kappa shape index (κ3) is 7.46. The van der Waals surface area contributed by atoms with Crippen molar-refractivity contribution in [2.75, 3.05) is 13.6 Å². The molecule has 1 N–H and O–H groups in total. The minimum Gasteiger partial charge on any atom is -0.422 e. The standard InChI is InChI=1S/C26H35NO5/c1-25(2,3)23(29)31-21-14-13-19(15-22(21)32-24(30)26(4,5)6)20(28)17-27(7)16-18-11-9-8-10-12-18/h8-15,20,28H,16-17H2,1-7H3/t20-/m1/s1. The third-order valence-electron chi connectivity index (χ3n) is 4.76. The molecular weight excluding hydrogens is 406 g/mol. The molecule has 2 aromatic carbocycles. The molecule has 0 aliphatic carbocycles. The molecule has 0 aromatic heterocycles. The zero-order valence-electron chi connectivity index (χ0n) is 20.1. The van der Waals surface area contributed by atoms with Crippen molar-refractivity contribution in [3.05, 3.63) is 59.7 Å². The van der Waals surface area contributed by atoms with Crippen molar-refractivity contribution in [2.45, 2.75) is 54.2 Å². The van der Waals surface area contributed by atoms with Crippen LogP contribution in [0.2, 0.25) is 0 Å². The van der Waals surface area contributed by atoms with Gasteiger partial charge in [-0.25, -0.2) is 0 Å². The van der Waals surface area contributed by atoms with E-state index in [4.69, 9.17) is 9.47 Å². The summed E-state index contributed by atoms with van der Waals surface area (Å²) in [6.45, 7) is 11.5. The quantitative estimate of drug-likeness (QED) is 0.493. The van der Waals surface area contributed by atoms with Crippen molar-refractivity contribution in [1.29, 1.82) is 0 Å². The molecule has 32 heavy (non-hydrogen) atoms. The molecule has 174 valence electrons. The van der Waals surface area contributed by atoms with E-state index in [0.29, 0.717) is 18.7 Å². The van der Waals surface area contributed by atoms with Gasteiger partial charge in [-0.3, -0.25) is 14.5 Å².